The Kier molecular flexibility index (Phi) is 4.79. The third-order valence-corrected chi connectivity index (χ3v) is 4.96. The van der Waals surface area contributed by atoms with E-state index in [0.29, 0.717) is 5.92 Å². The van der Waals surface area contributed by atoms with Crippen LogP contribution in [0.25, 0.3) is 0 Å². The number of rotatable bonds is 4. The number of hydrogen-bond acceptors (Lipinski definition) is 2. The van der Waals surface area contributed by atoms with E-state index in [1.807, 2.05) is 0 Å². The fourth-order valence-corrected chi connectivity index (χ4v) is 3.67. The lowest BCUT2D eigenvalue weighted by Gasteiger charge is -2.15. The summed E-state index contributed by atoms with van der Waals surface area (Å²) in [4.78, 5) is 12.2. The molecule has 1 aromatic carbocycles. The van der Waals surface area contributed by atoms with Crippen molar-refractivity contribution in [2.24, 2.45) is 5.92 Å². The van der Waals surface area contributed by atoms with Gasteiger partial charge in [-0.2, -0.15) is 0 Å². The molecular weight excluding hydrogens is 260 g/mol. The molecule has 0 aromatic heterocycles. The zero-order chi connectivity index (χ0) is 14.5. The van der Waals surface area contributed by atoms with Crippen molar-refractivity contribution in [3.05, 3.63) is 29.8 Å². The van der Waals surface area contributed by atoms with Crippen molar-refractivity contribution >= 4 is 11.6 Å². The molecule has 114 valence electrons. The molecule has 3 rings (SSSR count). The zero-order valence-electron chi connectivity index (χ0n) is 12.7. The lowest BCUT2D eigenvalue weighted by molar-refractivity contribution is -0.125. The highest BCUT2D eigenvalue weighted by atomic mass is 16.1. The number of para-hydroxylation sites is 1. The smallest absolute Gasteiger partial charge is 0.223 e. The van der Waals surface area contributed by atoms with Crippen molar-refractivity contribution < 1.29 is 4.79 Å². The van der Waals surface area contributed by atoms with Crippen molar-refractivity contribution in [2.75, 3.05) is 18.4 Å². The Balaban J connectivity index is 1.45. The molecule has 1 aliphatic heterocycles. The molecule has 0 radical (unpaired) electrons. The first-order valence-electron chi connectivity index (χ1n) is 8.45. The van der Waals surface area contributed by atoms with Crippen LogP contribution in [0.5, 0.6) is 0 Å². The van der Waals surface area contributed by atoms with Crippen LogP contribution < -0.4 is 10.6 Å². The number of fused-ring (bicyclic) bond motifs is 1. The molecule has 3 heteroatoms. The van der Waals surface area contributed by atoms with E-state index in [0.717, 1.165) is 32.4 Å². The molecule has 0 saturated heterocycles. The van der Waals surface area contributed by atoms with Crippen LogP contribution in [0.4, 0.5) is 5.69 Å². The van der Waals surface area contributed by atoms with Gasteiger partial charge in [0.1, 0.15) is 0 Å². The van der Waals surface area contributed by atoms with Crippen LogP contribution in [-0.2, 0) is 4.79 Å². The summed E-state index contributed by atoms with van der Waals surface area (Å²) in [5.74, 6) is 1.09. The summed E-state index contributed by atoms with van der Waals surface area (Å²) < 4.78 is 0. The maximum Gasteiger partial charge on any atom is 0.223 e. The Hall–Kier alpha value is -1.51. The van der Waals surface area contributed by atoms with Gasteiger partial charge in [-0.05, 0) is 30.9 Å². The maximum atomic E-state index is 12.2. The number of nitrogens with one attached hydrogen (secondary N) is 2. The van der Waals surface area contributed by atoms with Crippen LogP contribution in [0, 0.1) is 5.92 Å². The summed E-state index contributed by atoms with van der Waals surface area (Å²) in [6, 6.07) is 8.51. The van der Waals surface area contributed by atoms with E-state index < -0.39 is 0 Å². The molecule has 1 saturated carbocycles. The van der Waals surface area contributed by atoms with Gasteiger partial charge in [0.05, 0.1) is 0 Å². The monoisotopic (exact) mass is 286 g/mol. The second kappa shape index (κ2) is 6.97. The molecule has 1 aliphatic carbocycles. The molecule has 2 N–H and O–H groups in total. The molecule has 1 unspecified atom stereocenters. The predicted molar refractivity (Wildman–Crippen MR) is 86.5 cm³/mol. The van der Waals surface area contributed by atoms with Gasteiger partial charge in [-0.15, -0.1) is 0 Å². The Bertz CT molecular complexity index is 478. The van der Waals surface area contributed by atoms with E-state index in [9.17, 15) is 4.79 Å². The number of carbonyl (C=O) groups excluding carboxylic acids is 1. The van der Waals surface area contributed by atoms with Gasteiger partial charge < -0.3 is 10.6 Å². The van der Waals surface area contributed by atoms with Crippen molar-refractivity contribution in [2.45, 2.75) is 50.9 Å². The molecule has 1 atom stereocenters. The molecule has 0 bridgehead atoms. The van der Waals surface area contributed by atoms with E-state index in [2.05, 4.69) is 34.9 Å². The van der Waals surface area contributed by atoms with Gasteiger partial charge in [0.25, 0.3) is 0 Å². The van der Waals surface area contributed by atoms with E-state index in [1.165, 1.54) is 36.9 Å². The first-order valence-corrected chi connectivity index (χ1v) is 8.45. The van der Waals surface area contributed by atoms with Gasteiger partial charge in [-0.1, -0.05) is 43.9 Å². The lowest BCUT2D eigenvalue weighted by Crippen LogP contribution is -2.32. The summed E-state index contributed by atoms with van der Waals surface area (Å²) >= 11 is 0. The van der Waals surface area contributed by atoms with Gasteiger partial charge in [-0.3, -0.25) is 4.79 Å². The molecule has 0 spiro atoms. The van der Waals surface area contributed by atoms with Crippen LogP contribution in [0.3, 0.4) is 0 Å². The van der Waals surface area contributed by atoms with Crippen LogP contribution >= 0.6 is 0 Å². The Morgan fingerprint density at radius 1 is 1.14 bits per heavy atom. The summed E-state index contributed by atoms with van der Waals surface area (Å²) in [7, 11) is 0. The van der Waals surface area contributed by atoms with Gasteiger partial charge in [0.15, 0.2) is 0 Å². The normalized spacial score (nSPS) is 22.2. The van der Waals surface area contributed by atoms with Gasteiger partial charge >= 0.3 is 0 Å². The Morgan fingerprint density at radius 3 is 2.71 bits per heavy atom. The molecule has 21 heavy (non-hydrogen) atoms. The van der Waals surface area contributed by atoms with E-state index >= 15 is 0 Å². The Morgan fingerprint density at radius 2 is 1.90 bits per heavy atom. The van der Waals surface area contributed by atoms with Crippen molar-refractivity contribution in [1.82, 2.24) is 5.32 Å². The predicted octanol–water partition coefficient (Wildman–Crippen LogP) is 3.67. The minimum absolute atomic E-state index is 0.265. The Labute approximate surface area is 127 Å². The molecule has 1 fully saturated rings. The molecule has 3 nitrogen and oxygen atoms in total. The van der Waals surface area contributed by atoms with Gasteiger partial charge in [-0.25, -0.2) is 0 Å². The largest absolute Gasteiger partial charge is 0.384 e. The number of carbonyl (C=O) groups is 1. The van der Waals surface area contributed by atoms with Gasteiger partial charge in [0.2, 0.25) is 5.91 Å². The average molecular weight is 286 g/mol. The summed E-state index contributed by atoms with van der Waals surface area (Å²) in [6.07, 6.45) is 8.24. The standard InChI is InChI=1S/C18H26N2O/c21-18(14-7-3-1-2-4-8-14)19-12-11-15-13-20-17-10-6-5-9-16(15)17/h5-6,9-10,14-15,20H,1-4,7-8,11-13H2,(H,19,21). The maximum absolute atomic E-state index is 12.2. The minimum Gasteiger partial charge on any atom is -0.384 e. The molecule has 1 heterocycles. The minimum atomic E-state index is 0.265. The van der Waals surface area contributed by atoms with Crippen molar-refractivity contribution in [3.63, 3.8) is 0 Å². The number of hydrogen-bond donors (Lipinski definition) is 2. The number of benzene rings is 1. The molecule has 2 aliphatic rings. The van der Waals surface area contributed by atoms with Crippen LogP contribution in [0.2, 0.25) is 0 Å². The average Bonchev–Trinajstić information content (AvgIpc) is 2.74. The molecule has 1 amide bonds. The lowest BCUT2D eigenvalue weighted by atomic mass is 9.97. The van der Waals surface area contributed by atoms with Gasteiger partial charge in [0, 0.05) is 30.6 Å². The summed E-state index contributed by atoms with van der Waals surface area (Å²) in [6.45, 7) is 1.80. The SMILES string of the molecule is O=C(NCCC1CNc2ccccc21)C1CCCCCC1. The quantitative estimate of drug-likeness (QED) is 0.829. The number of anilines is 1. The van der Waals surface area contributed by atoms with Crippen molar-refractivity contribution in [1.29, 1.82) is 0 Å². The first kappa shape index (κ1) is 14.4. The zero-order valence-corrected chi connectivity index (χ0v) is 12.7. The van der Waals surface area contributed by atoms with Crippen LogP contribution in [0.1, 0.15) is 56.4 Å². The highest BCUT2D eigenvalue weighted by molar-refractivity contribution is 5.78. The van der Waals surface area contributed by atoms with E-state index in [1.54, 1.807) is 0 Å². The first-order chi connectivity index (χ1) is 10.3. The second-order valence-corrected chi connectivity index (χ2v) is 6.43. The van der Waals surface area contributed by atoms with Crippen LogP contribution in [-0.4, -0.2) is 19.0 Å². The number of amides is 1. The fourth-order valence-electron chi connectivity index (χ4n) is 3.67. The topological polar surface area (TPSA) is 41.1 Å². The van der Waals surface area contributed by atoms with Crippen molar-refractivity contribution in [3.8, 4) is 0 Å². The molecular formula is C18H26N2O. The third-order valence-electron chi connectivity index (χ3n) is 4.96. The second-order valence-electron chi connectivity index (χ2n) is 6.43. The van der Waals surface area contributed by atoms with E-state index in [-0.39, 0.29) is 11.8 Å². The summed E-state index contributed by atoms with van der Waals surface area (Å²) in [5.41, 5.74) is 2.67. The molecule has 1 aromatic rings. The highest BCUT2D eigenvalue weighted by Crippen LogP contribution is 2.32. The van der Waals surface area contributed by atoms with Crippen LogP contribution in [0.15, 0.2) is 24.3 Å². The summed E-state index contributed by atoms with van der Waals surface area (Å²) in [5, 5.41) is 6.62. The fraction of sp³-hybridized carbons (Fsp3) is 0.611. The van der Waals surface area contributed by atoms with E-state index in [4.69, 9.17) is 0 Å². The highest BCUT2D eigenvalue weighted by Gasteiger charge is 2.23. The third kappa shape index (κ3) is 3.58.